The Hall–Kier alpha value is -0.210. The van der Waals surface area contributed by atoms with Gasteiger partial charge in [0.25, 0.3) is 0 Å². The Morgan fingerprint density at radius 2 is 1.60 bits per heavy atom. The zero-order chi connectivity index (χ0) is 11.0. The lowest BCUT2D eigenvalue weighted by Gasteiger charge is -2.23. The summed E-state index contributed by atoms with van der Waals surface area (Å²) in [6, 6.07) is 0. The highest BCUT2D eigenvalue weighted by Crippen LogP contribution is 2.02. The van der Waals surface area contributed by atoms with Gasteiger partial charge in [-0.3, -0.25) is 0 Å². The first-order valence-corrected chi connectivity index (χ1v) is 5.61. The smallest absolute Gasteiger partial charge is 0.0780 e. The van der Waals surface area contributed by atoms with E-state index in [-0.39, 0.29) is 12.4 Å². The Kier molecular flexibility index (Phi) is 10.4. The predicted octanol–water partition coefficient (Wildman–Crippen LogP) is -0.620. The van der Waals surface area contributed by atoms with E-state index in [1.54, 1.807) is 0 Å². The van der Waals surface area contributed by atoms with Gasteiger partial charge in [0.15, 0.2) is 0 Å². The molecular formula is C12H27ClN2. The molecule has 0 aliphatic heterocycles. The summed E-state index contributed by atoms with van der Waals surface area (Å²) in [5.74, 6) is 0. The number of nitrogens with one attached hydrogen (secondary N) is 1. The monoisotopic (exact) mass is 234 g/mol. The maximum atomic E-state index is 3.81. The molecule has 0 heterocycles. The van der Waals surface area contributed by atoms with Crippen molar-refractivity contribution in [1.29, 1.82) is 0 Å². The summed E-state index contributed by atoms with van der Waals surface area (Å²) in [6.45, 7) is 8.19. The molecule has 92 valence electrons. The molecule has 0 aliphatic carbocycles. The highest BCUT2D eigenvalue weighted by atomic mass is 35.5. The normalized spacial score (nSPS) is 10.7. The number of hydrogen-bond acceptors (Lipinski definition) is 1. The van der Waals surface area contributed by atoms with Crippen molar-refractivity contribution in [3.63, 3.8) is 0 Å². The van der Waals surface area contributed by atoms with Gasteiger partial charge in [-0.05, 0) is 26.2 Å². The second kappa shape index (κ2) is 9.05. The van der Waals surface area contributed by atoms with E-state index in [0.717, 1.165) is 16.7 Å². The van der Waals surface area contributed by atoms with Gasteiger partial charge in [0, 0.05) is 12.2 Å². The third-order valence-electron chi connectivity index (χ3n) is 2.18. The number of quaternary nitrogens is 1. The van der Waals surface area contributed by atoms with Gasteiger partial charge >= 0.3 is 0 Å². The third kappa shape index (κ3) is 16.5. The SMILES string of the molecule is C=C(C)NCCCCCC[N+](C)(C)C.[Cl-]. The maximum Gasteiger partial charge on any atom is 0.0780 e. The molecule has 0 saturated heterocycles. The fourth-order valence-electron chi connectivity index (χ4n) is 1.37. The number of allylic oxidation sites excluding steroid dienone is 1. The van der Waals surface area contributed by atoms with Crippen molar-refractivity contribution in [2.75, 3.05) is 34.2 Å². The molecule has 0 aromatic heterocycles. The van der Waals surface area contributed by atoms with Gasteiger partial charge in [-0.15, -0.1) is 0 Å². The van der Waals surface area contributed by atoms with Crippen LogP contribution >= 0.6 is 0 Å². The minimum Gasteiger partial charge on any atom is -1.00 e. The number of halogens is 1. The van der Waals surface area contributed by atoms with Crippen LogP contribution in [0.2, 0.25) is 0 Å². The van der Waals surface area contributed by atoms with Gasteiger partial charge in [-0.2, -0.15) is 0 Å². The van der Waals surface area contributed by atoms with Crippen LogP contribution in [-0.2, 0) is 0 Å². The first-order chi connectivity index (χ1) is 6.42. The van der Waals surface area contributed by atoms with Gasteiger partial charge in [0.1, 0.15) is 0 Å². The van der Waals surface area contributed by atoms with Crippen LogP contribution in [0.5, 0.6) is 0 Å². The van der Waals surface area contributed by atoms with E-state index in [1.165, 1.54) is 32.2 Å². The first kappa shape index (κ1) is 17.2. The van der Waals surface area contributed by atoms with E-state index in [2.05, 4.69) is 33.0 Å². The van der Waals surface area contributed by atoms with Gasteiger partial charge in [0.2, 0.25) is 0 Å². The molecule has 0 fully saturated rings. The third-order valence-corrected chi connectivity index (χ3v) is 2.18. The molecule has 0 radical (unpaired) electrons. The number of nitrogens with zero attached hydrogens (tertiary/aromatic N) is 1. The van der Waals surface area contributed by atoms with Crippen LogP contribution < -0.4 is 17.7 Å². The largest absolute Gasteiger partial charge is 1.00 e. The fraction of sp³-hybridized carbons (Fsp3) is 0.833. The predicted molar refractivity (Wildman–Crippen MR) is 64.2 cm³/mol. The molecule has 0 aromatic rings. The van der Waals surface area contributed by atoms with Crippen LogP contribution in [0.15, 0.2) is 12.3 Å². The summed E-state index contributed by atoms with van der Waals surface area (Å²) in [5, 5.41) is 3.25. The molecule has 0 unspecified atom stereocenters. The zero-order valence-corrected chi connectivity index (χ0v) is 11.5. The second-order valence-corrected chi connectivity index (χ2v) is 5.14. The lowest BCUT2D eigenvalue weighted by atomic mass is 10.2. The molecule has 0 saturated carbocycles. The topological polar surface area (TPSA) is 12.0 Å². The molecule has 0 amide bonds. The number of unbranched alkanes of at least 4 members (excludes halogenated alkanes) is 3. The quantitative estimate of drug-likeness (QED) is 0.436. The molecule has 0 aromatic carbocycles. The van der Waals surface area contributed by atoms with Crippen molar-refractivity contribution in [2.24, 2.45) is 0 Å². The van der Waals surface area contributed by atoms with Crippen molar-refractivity contribution < 1.29 is 16.9 Å². The lowest BCUT2D eigenvalue weighted by Crippen LogP contribution is -3.00. The minimum atomic E-state index is 0. The van der Waals surface area contributed by atoms with Gasteiger partial charge < -0.3 is 22.2 Å². The van der Waals surface area contributed by atoms with E-state index >= 15 is 0 Å². The van der Waals surface area contributed by atoms with E-state index in [0.29, 0.717) is 0 Å². The molecule has 0 atom stereocenters. The molecule has 15 heavy (non-hydrogen) atoms. The Balaban J connectivity index is 0. The van der Waals surface area contributed by atoms with E-state index in [9.17, 15) is 0 Å². The highest BCUT2D eigenvalue weighted by Gasteiger charge is 2.04. The average Bonchev–Trinajstić information content (AvgIpc) is 2.00. The van der Waals surface area contributed by atoms with Crippen molar-refractivity contribution in [1.82, 2.24) is 5.32 Å². The highest BCUT2D eigenvalue weighted by molar-refractivity contribution is 4.83. The van der Waals surface area contributed by atoms with Crippen LogP contribution in [0.1, 0.15) is 32.6 Å². The summed E-state index contributed by atoms with van der Waals surface area (Å²) in [4.78, 5) is 0. The summed E-state index contributed by atoms with van der Waals surface area (Å²) in [5.41, 5.74) is 1.08. The standard InChI is InChI=1S/C12H27N2.ClH/c1-12(2)13-10-8-6-7-9-11-14(3,4)5;/h13H,1,6-11H2,2-5H3;1H/q+1;/p-1. The molecule has 0 rings (SSSR count). The van der Waals surface area contributed by atoms with Crippen molar-refractivity contribution in [2.45, 2.75) is 32.6 Å². The van der Waals surface area contributed by atoms with Crippen LogP contribution in [0.25, 0.3) is 0 Å². The minimum absolute atomic E-state index is 0. The van der Waals surface area contributed by atoms with Crippen LogP contribution in [0, 0.1) is 0 Å². The average molecular weight is 235 g/mol. The van der Waals surface area contributed by atoms with Crippen molar-refractivity contribution in [3.8, 4) is 0 Å². The lowest BCUT2D eigenvalue weighted by molar-refractivity contribution is -0.870. The van der Waals surface area contributed by atoms with E-state index < -0.39 is 0 Å². The van der Waals surface area contributed by atoms with Crippen molar-refractivity contribution >= 4 is 0 Å². The van der Waals surface area contributed by atoms with E-state index in [4.69, 9.17) is 0 Å². The molecule has 2 nitrogen and oxygen atoms in total. The molecule has 1 N–H and O–H groups in total. The number of hydrogen-bond donors (Lipinski definition) is 1. The zero-order valence-electron chi connectivity index (χ0n) is 10.8. The van der Waals surface area contributed by atoms with Crippen LogP contribution in [0.4, 0.5) is 0 Å². The van der Waals surface area contributed by atoms with Gasteiger partial charge in [-0.1, -0.05) is 13.0 Å². The first-order valence-electron chi connectivity index (χ1n) is 5.61. The summed E-state index contributed by atoms with van der Waals surface area (Å²) < 4.78 is 1.09. The van der Waals surface area contributed by atoms with Crippen molar-refractivity contribution in [3.05, 3.63) is 12.3 Å². The fourth-order valence-corrected chi connectivity index (χ4v) is 1.37. The molecule has 0 bridgehead atoms. The van der Waals surface area contributed by atoms with Crippen LogP contribution in [-0.4, -0.2) is 38.7 Å². The van der Waals surface area contributed by atoms with Crippen LogP contribution in [0.3, 0.4) is 0 Å². The Bertz CT molecular complexity index is 161. The van der Waals surface area contributed by atoms with Gasteiger partial charge in [0.05, 0.1) is 27.7 Å². The Morgan fingerprint density at radius 1 is 1.07 bits per heavy atom. The Labute approximate surface area is 102 Å². The number of rotatable bonds is 8. The summed E-state index contributed by atoms with van der Waals surface area (Å²) >= 11 is 0. The summed E-state index contributed by atoms with van der Waals surface area (Å²) in [7, 11) is 6.76. The Morgan fingerprint density at radius 3 is 2.07 bits per heavy atom. The molecule has 0 aliphatic rings. The molecular weight excluding hydrogens is 208 g/mol. The molecule has 3 heteroatoms. The molecule has 0 spiro atoms. The second-order valence-electron chi connectivity index (χ2n) is 5.14. The van der Waals surface area contributed by atoms with E-state index in [1.807, 2.05) is 6.92 Å². The maximum absolute atomic E-state index is 3.81. The summed E-state index contributed by atoms with van der Waals surface area (Å²) in [6.07, 6.45) is 5.30. The van der Waals surface area contributed by atoms with Gasteiger partial charge in [-0.25, -0.2) is 0 Å².